The second kappa shape index (κ2) is 5.75. The van der Waals surface area contributed by atoms with Crippen molar-refractivity contribution in [1.82, 2.24) is 0 Å². The van der Waals surface area contributed by atoms with Crippen LogP contribution in [0.15, 0.2) is 41.3 Å². The second-order valence-corrected chi connectivity index (χ2v) is 5.00. The second-order valence-electron chi connectivity index (χ2n) is 3.95. The van der Waals surface area contributed by atoms with Crippen molar-refractivity contribution in [1.29, 1.82) is 0 Å². The molecule has 3 N–H and O–H groups in total. The van der Waals surface area contributed by atoms with Crippen molar-refractivity contribution >= 4 is 11.8 Å². The summed E-state index contributed by atoms with van der Waals surface area (Å²) >= 11 is 1.56. The van der Waals surface area contributed by atoms with Crippen molar-refractivity contribution in [2.45, 2.75) is 10.6 Å². The first-order valence-corrected chi connectivity index (χ1v) is 6.59. The molecule has 0 radical (unpaired) electrons. The summed E-state index contributed by atoms with van der Waals surface area (Å²) < 4.78 is 4.98. The number of rotatable bonds is 4. The zero-order valence-corrected chi connectivity index (χ0v) is 11.1. The van der Waals surface area contributed by atoms with Crippen LogP contribution in [-0.4, -0.2) is 22.4 Å². The average molecular weight is 278 g/mol. The molecule has 0 atom stereocenters. The Labute approximate surface area is 115 Å². The molecule has 100 valence electrons. The minimum atomic E-state index is -0.249. The molecule has 0 spiro atoms. The highest BCUT2D eigenvalue weighted by atomic mass is 32.2. The maximum absolute atomic E-state index is 9.57. The normalized spacial score (nSPS) is 10.4. The van der Waals surface area contributed by atoms with Crippen LogP contribution >= 0.6 is 11.8 Å². The fourth-order valence-corrected chi connectivity index (χ4v) is 2.43. The van der Waals surface area contributed by atoms with Crippen LogP contribution in [-0.2, 0) is 5.75 Å². The highest BCUT2D eigenvalue weighted by Crippen LogP contribution is 2.37. The Morgan fingerprint density at radius 1 is 1.05 bits per heavy atom. The van der Waals surface area contributed by atoms with E-state index in [1.807, 2.05) is 12.1 Å². The number of ether oxygens (including phenoxy) is 1. The number of phenolic OH excluding ortho intramolecular Hbond substituents is 3. The number of hydrogen-bond acceptors (Lipinski definition) is 5. The van der Waals surface area contributed by atoms with Crippen LogP contribution in [0.25, 0.3) is 0 Å². The van der Waals surface area contributed by atoms with Crippen LogP contribution in [0.4, 0.5) is 0 Å². The van der Waals surface area contributed by atoms with Crippen LogP contribution in [0.3, 0.4) is 0 Å². The lowest BCUT2D eigenvalue weighted by Gasteiger charge is -2.08. The molecule has 5 heteroatoms. The molecule has 2 rings (SSSR count). The summed E-state index contributed by atoms with van der Waals surface area (Å²) in [6.45, 7) is 0. The molecule has 0 aliphatic carbocycles. The highest BCUT2D eigenvalue weighted by Gasteiger charge is 2.09. The minimum Gasteiger partial charge on any atom is -0.508 e. The molecule has 0 aliphatic rings. The van der Waals surface area contributed by atoms with Crippen LogP contribution in [0.5, 0.6) is 23.0 Å². The van der Waals surface area contributed by atoms with Gasteiger partial charge >= 0.3 is 0 Å². The summed E-state index contributed by atoms with van der Waals surface area (Å²) in [5.41, 5.74) is 0.838. The van der Waals surface area contributed by atoms with Crippen molar-refractivity contribution in [2.75, 3.05) is 7.11 Å². The Morgan fingerprint density at radius 3 is 2.37 bits per heavy atom. The lowest BCUT2D eigenvalue weighted by atomic mass is 10.2. The Kier molecular flexibility index (Phi) is 4.06. The zero-order valence-electron chi connectivity index (χ0n) is 10.3. The molecule has 19 heavy (non-hydrogen) atoms. The maximum atomic E-state index is 9.57. The van der Waals surface area contributed by atoms with E-state index in [4.69, 9.17) is 4.74 Å². The molecule has 2 aromatic rings. The molecule has 0 unspecified atom stereocenters. The topological polar surface area (TPSA) is 69.9 Å². The number of hydrogen-bond donors (Lipinski definition) is 3. The molecule has 0 fully saturated rings. The van der Waals surface area contributed by atoms with Gasteiger partial charge in [-0.05, 0) is 42.0 Å². The van der Waals surface area contributed by atoms with E-state index < -0.39 is 0 Å². The largest absolute Gasteiger partial charge is 0.508 e. The first kappa shape index (κ1) is 13.4. The third kappa shape index (κ3) is 3.26. The van der Waals surface area contributed by atoms with Gasteiger partial charge in [-0.3, -0.25) is 0 Å². The van der Waals surface area contributed by atoms with E-state index in [0.29, 0.717) is 5.75 Å². The van der Waals surface area contributed by atoms with Crippen molar-refractivity contribution < 1.29 is 20.1 Å². The highest BCUT2D eigenvalue weighted by molar-refractivity contribution is 7.98. The Balaban J connectivity index is 2.11. The lowest BCUT2D eigenvalue weighted by Crippen LogP contribution is -1.88. The fraction of sp³-hybridized carbons (Fsp3) is 0.143. The summed E-state index contributed by atoms with van der Waals surface area (Å²) in [6.07, 6.45) is 0. The predicted octanol–water partition coefficient (Wildman–Crippen LogP) is 3.10. The van der Waals surface area contributed by atoms with Crippen molar-refractivity contribution in [2.24, 2.45) is 0 Å². The van der Waals surface area contributed by atoms with Gasteiger partial charge in [0.25, 0.3) is 0 Å². The lowest BCUT2D eigenvalue weighted by molar-refractivity contribution is 0.350. The number of methoxy groups -OCH3 is 1. The third-order valence-electron chi connectivity index (χ3n) is 2.58. The summed E-state index contributed by atoms with van der Waals surface area (Å²) in [7, 11) is 1.44. The van der Waals surface area contributed by atoms with E-state index in [0.717, 1.165) is 10.5 Å². The standard InChI is InChI=1S/C14H14O4S/c1-18-13-7-9(6-12(16)14(13)17)8-19-11-4-2-10(15)3-5-11/h2-7,15-17H,8H2,1H3. The molecular weight excluding hydrogens is 264 g/mol. The molecule has 2 aromatic carbocycles. The molecule has 4 nitrogen and oxygen atoms in total. The number of thioether (sulfide) groups is 1. The maximum Gasteiger partial charge on any atom is 0.200 e. The molecule has 0 saturated carbocycles. The first-order chi connectivity index (χ1) is 9.10. The van der Waals surface area contributed by atoms with Crippen molar-refractivity contribution in [3.63, 3.8) is 0 Å². The molecule has 0 amide bonds. The van der Waals surface area contributed by atoms with Gasteiger partial charge in [-0.2, -0.15) is 0 Å². The summed E-state index contributed by atoms with van der Waals surface area (Å²) in [5.74, 6) is 0.658. The van der Waals surface area contributed by atoms with Gasteiger partial charge in [0.2, 0.25) is 5.75 Å². The smallest absolute Gasteiger partial charge is 0.200 e. The van der Waals surface area contributed by atoms with Crippen molar-refractivity contribution in [3.05, 3.63) is 42.0 Å². The summed E-state index contributed by atoms with van der Waals surface area (Å²) in [4.78, 5) is 1.00. The Morgan fingerprint density at radius 2 is 1.74 bits per heavy atom. The monoisotopic (exact) mass is 278 g/mol. The summed E-state index contributed by atoms with van der Waals surface area (Å²) in [5, 5.41) is 28.3. The van der Waals surface area contributed by atoms with Gasteiger partial charge in [0.15, 0.2) is 11.5 Å². The van der Waals surface area contributed by atoms with Gasteiger partial charge < -0.3 is 20.1 Å². The van der Waals surface area contributed by atoms with Gasteiger partial charge in [0.1, 0.15) is 5.75 Å². The van der Waals surface area contributed by atoms with E-state index in [9.17, 15) is 15.3 Å². The molecule has 0 saturated heterocycles. The van der Waals surface area contributed by atoms with Crippen LogP contribution in [0.2, 0.25) is 0 Å². The molecular formula is C14H14O4S. The van der Waals surface area contributed by atoms with Gasteiger partial charge in [-0.15, -0.1) is 11.8 Å². The summed E-state index contributed by atoms with van der Waals surface area (Å²) in [6, 6.07) is 10.1. The molecule has 0 aliphatic heterocycles. The van der Waals surface area contributed by atoms with E-state index in [1.165, 1.54) is 13.2 Å². The first-order valence-electron chi connectivity index (χ1n) is 5.61. The number of benzene rings is 2. The van der Waals surface area contributed by atoms with E-state index in [2.05, 4.69) is 0 Å². The zero-order chi connectivity index (χ0) is 13.8. The van der Waals surface area contributed by atoms with Gasteiger partial charge in [-0.1, -0.05) is 0 Å². The quantitative estimate of drug-likeness (QED) is 0.592. The van der Waals surface area contributed by atoms with Crippen LogP contribution in [0.1, 0.15) is 5.56 Å². The molecule has 0 bridgehead atoms. The van der Waals surface area contributed by atoms with E-state index >= 15 is 0 Å². The molecule has 0 aromatic heterocycles. The van der Waals surface area contributed by atoms with Crippen molar-refractivity contribution in [3.8, 4) is 23.0 Å². The minimum absolute atomic E-state index is 0.194. The number of aromatic hydroxyl groups is 3. The Hall–Kier alpha value is -2.01. The van der Waals surface area contributed by atoms with Gasteiger partial charge in [0, 0.05) is 10.6 Å². The van der Waals surface area contributed by atoms with Gasteiger partial charge in [0.05, 0.1) is 7.11 Å². The third-order valence-corrected chi connectivity index (χ3v) is 3.66. The van der Waals surface area contributed by atoms with E-state index in [-0.39, 0.29) is 23.0 Å². The van der Waals surface area contributed by atoms with E-state index in [1.54, 1.807) is 30.0 Å². The predicted molar refractivity (Wildman–Crippen MR) is 74.0 cm³/mol. The van der Waals surface area contributed by atoms with Gasteiger partial charge in [-0.25, -0.2) is 0 Å². The molecule has 0 heterocycles. The van der Waals surface area contributed by atoms with Crippen LogP contribution < -0.4 is 4.74 Å². The van der Waals surface area contributed by atoms with Crippen LogP contribution in [0, 0.1) is 0 Å². The SMILES string of the molecule is COc1cc(CSc2ccc(O)cc2)cc(O)c1O. The average Bonchev–Trinajstić information content (AvgIpc) is 2.41. The fourth-order valence-electron chi connectivity index (χ4n) is 1.60. The number of phenols is 3. The Bertz CT molecular complexity index is 566.